The first kappa shape index (κ1) is 25.4. The molecule has 2 fully saturated rings. The van der Waals surface area contributed by atoms with Gasteiger partial charge in [-0.25, -0.2) is 4.98 Å². The standard InChI is InChI=1S/C30H37N5O2/c1-21-6-8-25(15-28(21)26-5-4-12-31-17-26)30(36)33-27-10-13-35(14-11-27)29-9-7-24(16-32-29)20-34-18-22(2)37-23(3)19-34/h4-9,12,15-17,22-23,27H,10-11,13-14,18-20H2,1-3H3,(H,33,36). The Balaban J connectivity index is 1.13. The first-order chi connectivity index (χ1) is 17.9. The zero-order valence-corrected chi connectivity index (χ0v) is 22.1. The number of ether oxygens (including phenoxy) is 1. The minimum Gasteiger partial charge on any atom is -0.373 e. The fourth-order valence-electron chi connectivity index (χ4n) is 5.49. The summed E-state index contributed by atoms with van der Waals surface area (Å²) in [4.78, 5) is 26.8. The Morgan fingerprint density at radius 2 is 1.84 bits per heavy atom. The van der Waals surface area contributed by atoms with E-state index in [2.05, 4.69) is 53.0 Å². The molecule has 0 saturated carbocycles. The average molecular weight is 500 g/mol. The van der Waals surface area contributed by atoms with Gasteiger partial charge >= 0.3 is 0 Å². The molecule has 1 aromatic carbocycles. The van der Waals surface area contributed by atoms with E-state index in [1.54, 1.807) is 6.20 Å². The predicted octanol–water partition coefficient (Wildman–Crippen LogP) is 4.46. The van der Waals surface area contributed by atoms with Crippen molar-refractivity contribution in [3.63, 3.8) is 0 Å². The first-order valence-electron chi connectivity index (χ1n) is 13.3. The number of piperidine rings is 1. The van der Waals surface area contributed by atoms with Gasteiger partial charge in [0.15, 0.2) is 0 Å². The van der Waals surface area contributed by atoms with Crippen LogP contribution in [0.25, 0.3) is 11.1 Å². The minimum atomic E-state index is -0.0159. The highest BCUT2D eigenvalue weighted by atomic mass is 16.5. The monoisotopic (exact) mass is 499 g/mol. The van der Waals surface area contributed by atoms with E-state index in [0.29, 0.717) is 5.56 Å². The highest BCUT2D eigenvalue weighted by Crippen LogP contribution is 2.25. The van der Waals surface area contributed by atoms with Crippen molar-refractivity contribution >= 4 is 11.7 Å². The van der Waals surface area contributed by atoms with E-state index in [9.17, 15) is 4.79 Å². The van der Waals surface area contributed by atoms with E-state index < -0.39 is 0 Å². The molecular formula is C30H37N5O2. The van der Waals surface area contributed by atoms with E-state index in [0.717, 1.165) is 68.1 Å². The number of aromatic nitrogens is 2. The van der Waals surface area contributed by atoms with E-state index in [4.69, 9.17) is 9.72 Å². The van der Waals surface area contributed by atoms with E-state index in [1.807, 2.05) is 42.7 Å². The number of rotatable bonds is 6. The van der Waals surface area contributed by atoms with Gasteiger partial charge in [0.2, 0.25) is 0 Å². The molecule has 0 radical (unpaired) electrons. The van der Waals surface area contributed by atoms with Crippen LogP contribution in [0.1, 0.15) is 48.2 Å². The third-order valence-corrected chi connectivity index (χ3v) is 7.34. The second-order valence-electron chi connectivity index (χ2n) is 10.5. The van der Waals surface area contributed by atoms with Crippen LogP contribution in [0.15, 0.2) is 61.1 Å². The predicted molar refractivity (Wildman–Crippen MR) is 147 cm³/mol. The molecule has 3 aromatic rings. The van der Waals surface area contributed by atoms with Crippen LogP contribution in [-0.4, -0.2) is 65.2 Å². The molecule has 2 unspecified atom stereocenters. The Labute approximate surface area is 219 Å². The summed E-state index contributed by atoms with van der Waals surface area (Å²) in [6.07, 6.45) is 7.95. The lowest BCUT2D eigenvalue weighted by atomic mass is 9.98. The molecule has 37 heavy (non-hydrogen) atoms. The summed E-state index contributed by atoms with van der Waals surface area (Å²) in [6.45, 7) is 10.9. The van der Waals surface area contributed by atoms with Crippen LogP contribution in [0.3, 0.4) is 0 Å². The normalized spacial score (nSPS) is 21.1. The molecule has 2 aliphatic heterocycles. The molecule has 2 aliphatic rings. The maximum absolute atomic E-state index is 13.0. The van der Waals surface area contributed by atoms with Gasteiger partial charge in [-0.3, -0.25) is 14.7 Å². The van der Waals surface area contributed by atoms with Crippen LogP contribution in [0.2, 0.25) is 0 Å². The Bertz CT molecular complexity index is 1180. The Hall–Kier alpha value is -3.29. The number of benzene rings is 1. The fraction of sp³-hybridized carbons (Fsp3) is 0.433. The molecule has 1 amide bonds. The van der Waals surface area contributed by atoms with Gasteiger partial charge in [0.25, 0.3) is 5.91 Å². The third-order valence-electron chi connectivity index (χ3n) is 7.34. The number of hydrogen-bond acceptors (Lipinski definition) is 6. The molecule has 0 bridgehead atoms. The van der Waals surface area contributed by atoms with Gasteiger partial charge < -0.3 is 15.0 Å². The highest BCUT2D eigenvalue weighted by Gasteiger charge is 2.24. The van der Waals surface area contributed by atoms with Crippen molar-refractivity contribution in [3.05, 3.63) is 77.7 Å². The van der Waals surface area contributed by atoms with E-state index in [-0.39, 0.29) is 24.2 Å². The molecule has 4 heterocycles. The Kier molecular flexibility index (Phi) is 7.82. The number of morpholine rings is 1. The van der Waals surface area contributed by atoms with Crippen LogP contribution in [0.5, 0.6) is 0 Å². The lowest BCUT2D eigenvalue weighted by molar-refractivity contribution is -0.0705. The van der Waals surface area contributed by atoms with Crippen molar-refractivity contribution in [1.29, 1.82) is 0 Å². The molecule has 2 aromatic heterocycles. The number of anilines is 1. The lowest BCUT2D eigenvalue weighted by Gasteiger charge is -2.35. The highest BCUT2D eigenvalue weighted by molar-refractivity contribution is 5.96. The van der Waals surface area contributed by atoms with Gasteiger partial charge in [0.05, 0.1) is 12.2 Å². The zero-order valence-electron chi connectivity index (χ0n) is 22.1. The van der Waals surface area contributed by atoms with Crippen molar-refractivity contribution in [3.8, 4) is 11.1 Å². The number of pyridine rings is 2. The SMILES string of the molecule is Cc1ccc(C(=O)NC2CCN(c3ccc(CN4CC(C)OC(C)C4)cn3)CC2)cc1-c1cccnc1. The Morgan fingerprint density at radius 3 is 2.51 bits per heavy atom. The second-order valence-corrected chi connectivity index (χ2v) is 10.5. The molecule has 7 heteroatoms. The summed E-state index contributed by atoms with van der Waals surface area (Å²) < 4.78 is 5.85. The fourth-order valence-corrected chi connectivity index (χ4v) is 5.49. The van der Waals surface area contributed by atoms with Crippen LogP contribution < -0.4 is 10.2 Å². The second kappa shape index (κ2) is 11.4. The third kappa shape index (κ3) is 6.35. The quantitative estimate of drug-likeness (QED) is 0.540. The molecule has 0 aliphatic carbocycles. The number of aryl methyl sites for hydroxylation is 1. The number of amides is 1. The molecule has 194 valence electrons. The van der Waals surface area contributed by atoms with Crippen LogP contribution in [0.4, 0.5) is 5.82 Å². The summed E-state index contributed by atoms with van der Waals surface area (Å²) in [7, 11) is 0. The van der Waals surface area contributed by atoms with Gasteiger partial charge in [0.1, 0.15) is 5.82 Å². The molecule has 5 rings (SSSR count). The van der Waals surface area contributed by atoms with Crippen molar-refractivity contribution in [2.24, 2.45) is 0 Å². The zero-order chi connectivity index (χ0) is 25.8. The summed E-state index contributed by atoms with van der Waals surface area (Å²) in [5.41, 5.74) is 5.12. The summed E-state index contributed by atoms with van der Waals surface area (Å²) in [5.74, 6) is 0.995. The van der Waals surface area contributed by atoms with Crippen molar-refractivity contribution < 1.29 is 9.53 Å². The van der Waals surface area contributed by atoms with Crippen molar-refractivity contribution in [1.82, 2.24) is 20.2 Å². The molecule has 2 atom stereocenters. The maximum atomic E-state index is 13.0. The summed E-state index contributed by atoms with van der Waals surface area (Å²) >= 11 is 0. The van der Waals surface area contributed by atoms with Gasteiger partial charge in [-0.15, -0.1) is 0 Å². The maximum Gasteiger partial charge on any atom is 0.251 e. The number of carbonyl (C=O) groups excluding carboxylic acids is 1. The molecule has 2 saturated heterocycles. The number of carbonyl (C=O) groups is 1. The van der Waals surface area contributed by atoms with Gasteiger partial charge in [-0.05, 0) is 74.6 Å². The average Bonchev–Trinajstić information content (AvgIpc) is 2.90. The largest absolute Gasteiger partial charge is 0.373 e. The van der Waals surface area contributed by atoms with Crippen molar-refractivity contribution in [2.45, 2.75) is 58.4 Å². The van der Waals surface area contributed by atoms with Crippen molar-refractivity contribution in [2.75, 3.05) is 31.1 Å². The van der Waals surface area contributed by atoms with Crippen LogP contribution in [-0.2, 0) is 11.3 Å². The molecule has 0 spiro atoms. The number of nitrogens with one attached hydrogen (secondary N) is 1. The number of nitrogens with zero attached hydrogens (tertiary/aromatic N) is 4. The van der Waals surface area contributed by atoms with Gasteiger partial charge in [-0.2, -0.15) is 0 Å². The van der Waals surface area contributed by atoms with E-state index >= 15 is 0 Å². The molecule has 7 nitrogen and oxygen atoms in total. The lowest BCUT2D eigenvalue weighted by Crippen LogP contribution is -2.45. The minimum absolute atomic E-state index is 0.0159. The molecule has 1 N–H and O–H groups in total. The van der Waals surface area contributed by atoms with E-state index in [1.165, 1.54) is 5.56 Å². The number of hydrogen-bond donors (Lipinski definition) is 1. The Morgan fingerprint density at radius 1 is 1.05 bits per heavy atom. The van der Waals surface area contributed by atoms with Crippen LogP contribution in [0, 0.1) is 6.92 Å². The first-order valence-corrected chi connectivity index (χ1v) is 13.3. The van der Waals surface area contributed by atoms with Gasteiger partial charge in [0, 0.05) is 68.5 Å². The summed E-state index contributed by atoms with van der Waals surface area (Å²) in [6, 6.07) is 14.3. The topological polar surface area (TPSA) is 70.6 Å². The summed E-state index contributed by atoms with van der Waals surface area (Å²) in [5, 5.41) is 3.25. The van der Waals surface area contributed by atoms with Gasteiger partial charge in [-0.1, -0.05) is 18.2 Å². The smallest absolute Gasteiger partial charge is 0.251 e. The molecular weight excluding hydrogens is 462 g/mol. The van der Waals surface area contributed by atoms with Crippen LogP contribution >= 0.6 is 0 Å².